The Kier molecular flexibility index (Phi) is 7.74. The number of allylic oxidation sites excluding steroid dienone is 1. The van der Waals surface area contributed by atoms with Crippen LogP contribution in [0.2, 0.25) is 5.02 Å². The molecule has 210 valence electrons. The maximum atomic E-state index is 14.6. The Labute approximate surface area is 237 Å². The molecule has 0 radical (unpaired) electrons. The van der Waals surface area contributed by atoms with Gasteiger partial charge in [0.05, 0.1) is 23.4 Å². The smallest absolute Gasteiger partial charge is 0.338 e. The molecule has 0 spiro atoms. The van der Waals surface area contributed by atoms with Crippen LogP contribution >= 0.6 is 22.9 Å². The van der Waals surface area contributed by atoms with E-state index < -0.39 is 40.7 Å². The van der Waals surface area contributed by atoms with Gasteiger partial charge < -0.3 is 15.2 Å². The van der Waals surface area contributed by atoms with Crippen molar-refractivity contribution in [1.82, 2.24) is 20.1 Å². The van der Waals surface area contributed by atoms with Gasteiger partial charge in [0, 0.05) is 35.0 Å². The van der Waals surface area contributed by atoms with Crippen LogP contribution in [0.1, 0.15) is 54.2 Å². The largest absolute Gasteiger partial charge is 0.480 e. The number of aliphatic imine (C=N–C) groups is 1. The normalized spacial score (nSPS) is 19.6. The average Bonchev–Trinajstić information content (AvgIpc) is 3.60. The number of hydrogen-bond acceptors (Lipinski definition) is 8. The molecule has 1 aliphatic heterocycles. The summed E-state index contributed by atoms with van der Waals surface area (Å²) in [4.78, 5) is 34.2. The molecular weight excluding hydrogens is 564 g/mol. The molecule has 2 aliphatic rings. The van der Waals surface area contributed by atoms with E-state index in [9.17, 15) is 23.5 Å². The number of carbonyl (C=O) groups excluding carboxylic acids is 1. The van der Waals surface area contributed by atoms with Crippen LogP contribution in [-0.2, 0) is 27.2 Å². The van der Waals surface area contributed by atoms with Crippen LogP contribution in [0.25, 0.3) is 0 Å². The SMILES string of the molecule is COC(=O)C1=C(C2CCc3nn(C(C(=O)O)C(C)C)cc3C2)NC(c2nccs2)=NC1c1ccc(F)c(F)c1Cl. The number of carbonyl (C=O) groups is 2. The van der Waals surface area contributed by atoms with Gasteiger partial charge in [-0.15, -0.1) is 11.3 Å². The topological polar surface area (TPSA) is 119 Å². The molecule has 3 unspecified atom stereocenters. The highest BCUT2D eigenvalue weighted by Crippen LogP contribution is 2.41. The molecule has 0 bridgehead atoms. The number of aryl methyl sites for hydroxylation is 1. The molecule has 3 atom stereocenters. The van der Waals surface area contributed by atoms with Crippen LogP contribution < -0.4 is 5.32 Å². The second-order valence-electron chi connectivity index (χ2n) is 9.97. The van der Waals surface area contributed by atoms with Crippen molar-refractivity contribution in [3.05, 3.63) is 79.7 Å². The number of ether oxygens (including phenoxy) is 1. The number of fused-ring (bicyclic) bond motifs is 1. The fourth-order valence-electron chi connectivity index (χ4n) is 5.27. The number of rotatable bonds is 7. The molecule has 0 saturated heterocycles. The average molecular weight is 590 g/mol. The molecule has 3 heterocycles. The molecule has 1 aromatic carbocycles. The van der Waals surface area contributed by atoms with Crippen LogP contribution in [0.4, 0.5) is 8.78 Å². The first-order valence-corrected chi connectivity index (χ1v) is 13.9. The standard InChI is InChI=1S/C27H26ClF2N5O4S/c1-12(2)23(26(36)37)35-11-14-10-13(4-7-17(14)34-35)21-18(27(38)39-3)22(15-5-6-16(29)20(30)19(15)28)33-24(32-21)25-31-8-9-40-25/h5-6,8-9,11-13,22-23H,4,7,10H2,1-3H3,(H,32,33)(H,36,37). The molecule has 9 nitrogen and oxygen atoms in total. The van der Waals surface area contributed by atoms with E-state index in [0.717, 1.165) is 17.3 Å². The van der Waals surface area contributed by atoms with Crippen LogP contribution in [0.5, 0.6) is 0 Å². The third kappa shape index (κ3) is 5.01. The van der Waals surface area contributed by atoms with Crippen molar-refractivity contribution in [3.8, 4) is 0 Å². The quantitative estimate of drug-likeness (QED) is 0.298. The molecule has 2 N–H and O–H groups in total. The predicted molar refractivity (Wildman–Crippen MR) is 144 cm³/mol. The Morgan fingerprint density at radius 2 is 2.08 bits per heavy atom. The number of methoxy groups -OCH3 is 1. The minimum absolute atomic E-state index is 0.111. The number of carboxylic acid groups (broad SMARTS) is 1. The van der Waals surface area contributed by atoms with Gasteiger partial charge >= 0.3 is 11.9 Å². The first-order valence-electron chi connectivity index (χ1n) is 12.6. The number of thiazole rings is 1. The van der Waals surface area contributed by atoms with Gasteiger partial charge in [0.1, 0.15) is 6.04 Å². The summed E-state index contributed by atoms with van der Waals surface area (Å²) in [6.45, 7) is 3.65. The molecule has 0 fully saturated rings. The maximum Gasteiger partial charge on any atom is 0.338 e. The van der Waals surface area contributed by atoms with E-state index >= 15 is 0 Å². The Balaban J connectivity index is 1.61. The molecule has 0 amide bonds. The van der Waals surface area contributed by atoms with Gasteiger partial charge in [-0.3, -0.25) is 9.67 Å². The zero-order valence-corrected chi connectivity index (χ0v) is 23.4. The second kappa shape index (κ2) is 11.1. The number of nitrogens with zero attached hydrogens (tertiary/aromatic N) is 4. The monoisotopic (exact) mass is 589 g/mol. The Bertz CT molecular complexity index is 1540. The summed E-state index contributed by atoms with van der Waals surface area (Å²) in [5.74, 6) is -4.08. The summed E-state index contributed by atoms with van der Waals surface area (Å²) in [5, 5.41) is 19.4. The number of nitrogens with one attached hydrogen (secondary N) is 1. The number of aromatic nitrogens is 3. The zero-order valence-electron chi connectivity index (χ0n) is 21.8. The molecule has 5 rings (SSSR count). The first-order chi connectivity index (χ1) is 19.1. The lowest BCUT2D eigenvalue weighted by Gasteiger charge is -2.32. The van der Waals surface area contributed by atoms with E-state index in [1.165, 1.54) is 29.2 Å². The van der Waals surface area contributed by atoms with E-state index in [1.54, 1.807) is 17.8 Å². The van der Waals surface area contributed by atoms with Crippen LogP contribution in [0.3, 0.4) is 0 Å². The summed E-state index contributed by atoms with van der Waals surface area (Å²) < 4.78 is 35.1. The highest BCUT2D eigenvalue weighted by atomic mass is 35.5. The lowest BCUT2D eigenvalue weighted by Crippen LogP contribution is -2.38. The van der Waals surface area contributed by atoms with E-state index in [0.29, 0.717) is 35.8 Å². The van der Waals surface area contributed by atoms with Crippen molar-refractivity contribution < 1.29 is 28.2 Å². The molecular formula is C27H26ClF2N5O4S. The van der Waals surface area contributed by atoms with Gasteiger partial charge in [0.25, 0.3) is 0 Å². The van der Waals surface area contributed by atoms with Gasteiger partial charge in [-0.2, -0.15) is 5.10 Å². The first kappa shape index (κ1) is 27.9. The van der Waals surface area contributed by atoms with E-state index in [4.69, 9.17) is 16.3 Å². The fourth-order valence-corrected chi connectivity index (χ4v) is 6.11. The fraction of sp³-hybridized carbons (Fsp3) is 0.370. The summed E-state index contributed by atoms with van der Waals surface area (Å²) >= 11 is 7.57. The molecule has 13 heteroatoms. The number of esters is 1. The molecule has 2 aromatic heterocycles. The number of aliphatic carboxylic acids is 1. The lowest BCUT2D eigenvalue weighted by molar-refractivity contribution is -0.142. The molecule has 40 heavy (non-hydrogen) atoms. The Hall–Kier alpha value is -3.64. The zero-order chi connectivity index (χ0) is 28.7. The van der Waals surface area contributed by atoms with E-state index in [2.05, 4.69) is 20.4 Å². The minimum Gasteiger partial charge on any atom is -0.480 e. The van der Waals surface area contributed by atoms with E-state index in [1.807, 2.05) is 13.8 Å². The van der Waals surface area contributed by atoms with Crippen LogP contribution in [0, 0.1) is 23.5 Å². The summed E-state index contributed by atoms with van der Waals surface area (Å²) in [6.07, 6.45) is 4.93. The third-order valence-corrected chi connectivity index (χ3v) is 8.31. The van der Waals surface area contributed by atoms with Crippen molar-refractivity contribution in [3.63, 3.8) is 0 Å². The van der Waals surface area contributed by atoms with Crippen molar-refractivity contribution in [1.29, 1.82) is 0 Å². The number of carboxylic acids is 1. The van der Waals surface area contributed by atoms with Crippen molar-refractivity contribution in [2.45, 2.75) is 45.2 Å². The Morgan fingerprint density at radius 1 is 1.30 bits per heavy atom. The van der Waals surface area contributed by atoms with Gasteiger partial charge in [-0.05, 0) is 36.8 Å². The molecule has 1 aliphatic carbocycles. The van der Waals surface area contributed by atoms with Crippen molar-refractivity contribution >= 4 is 40.7 Å². The summed E-state index contributed by atoms with van der Waals surface area (Å²) in [5.41, 5.74) is 2.41. The van der Waals surface area contributed by atoms with Crippen LogP contribution in [0.15, 0.2) is 46.2 Å². The minimum atomic E-state index is -1.23. The van der Waals surface area contributed by atoms with Crippen molar-refractivity contribution in [2.24, 2.45) is 16.8 Å². The van der Waals surface area contributed by atoms with Gasteiger partial charge in [0.15, 0.2) is 28.5 Å². The predicted octanol–water partition coefficient (Wildman–Crippen LogP) is 4.88. The summed E-state index contributed by atoms with van der Waals surface area (Å²) in [6, 6.07) is 0.346. The molecule has 3 aromatic rings. The Morgan fingerprint density at radius 3 is 2.73 bits per heavy atom. The lowest BCUT2D eigenvalue weighted by atomic mass is 9.81. The van der Waals surface area contributed by atoms with Gasteiger partial charge in [-0.1, -0.05) is 31.5 Å². The van der Waals surface area contributed by atoms with E-state index in [-0.39, 0.29) is 23.0 Å². The van der Waals surface area contributed by atoms with Gasteiger partial charge in [-0.25, -0.2) is 23.4 Å². The summed E-state index contributed by atoms with van der Waals surface area (Å²) in [7, 11) is 1.23. The molecule has 0 saturated carbocycles. The highest BCUT2D eigenvalue weighted by Gasteiger charge is 2.39. The number of amidine groups is 1. The highest BCUT2D eigenvalue weighted by molar-refractivity contribution is 7.11. The number of benzene rings is 1. The maximum absolute atomic E-state index is 14.6. The number of halogens is 3. The third-order valence-electron chi connectivity index (χ3n) is 7.14. The van der Waals surface area contributed by atoms with Gasteiger partial charge in [0.2, 0.25) is 0 Å². The number of hydrogen-bond donors (Lipinski definition) is 2. The van der Waals surface area contributed by atoms with Crippen molar-refractivity contribution in [2.75, 3.05) is 7.11 Å². The second-order valence-corrected chi connectivity index (χ2v) is 11.2. The van der Waals surface area contributed by atoms with Crippen LogP contribution in [-0.4, -0.2) is 44.8 Å².